The summed E-state index contributed by atoms with van der Waals surface area (Å²) < 4.78 is 5.76. The lowest BCUT2D eigenvalue weighted by molar-refractivity contribution is -0.128. The lowest BCUT2D eigenvalue weighted by Crippen LogP contribution is -2.42. The Morgan fingerprint density at radius 3 is 2.48 bits per heavy atom. The Morgan fingerprint density at radius 1 is 1.24 bits per heavy atom. The molecular weight excluding hydrogens is 264 g/mol. The number of hydrogen-bond acceptors (Lipinski definition) is 3. The summed E-state index contributed by atoms with van der Waals surface area (Å²) in [5.74, 6) is 0.664. The average Bonchev–Trinajstić information content (AvgIpc) is 2.51. The molecule has 0 aliphatic heterocycles. The second kappa shape index (κ2) is 8.67. The summed E-state index contributed by atoms with van der Waals surface area (Å²) in [6.45, 7) is 8.01. The largest absolute Gasteiger partial charge is 0.481 e. The highest BCUT2D eigenvalue weighted by molar-refractivity contribution is 5.81. The number of nitrogens with one attached hydrogen (secondary N) is 2. The molecule has 1 amide bonds. The molecule has 118 valence electrons. The molecule has 0 bridgehead atoms. The standard InChI is InChI=1S/C17H28N2O2/c1-6-15(7-2)19-17(20)13(4)21-16-10-8-9-14(11-16)12(3)18-5/h8-13,15,18H,6-7H2,1-5H3,(H,19,20). The molecule has 0 aliphatic carbocycles. The van der Waals surface area contributed by atoms with E-state index in [-0.39, 0.29) is 18.0 Å². The highest BCUT2D eigenvalue weighted by Crippen LogP contribution is 2.19. The summed E-state index contributed by atoms with van der Waals surface area (Å²) in [4.78, 5) is 12.1. The number of rotatable bonds is 8. The SMILES string of the molecule is CCC(CC)NC(=O)C(C)Oc1cccc(C(C)NC)c1. The number of benzene rings is 1. The van der Waals surface area contributed by atoms with Crippen LogP contribution in [0.15, 0.2) is 24.3 Å². The molecular formula is C17H28N2O2. The molecule has 0 heterocycles. The summed E-state index contributed by atoms with van der Waals surface area (Å²) in [6, 6.07) is 8.32. The first-order valence-corrected chi connectivity index (χ1v) is 7.76. The maximum Gasteiger partial charge on any atom is 0.260 e. The van der Waals surface area contributed by atoms with Gasteiger partial charge in [0.25, 0.3) is 5.91 Å². The number of hydrogen-bond donors (Lipinski definition) is 2. The van der Waals surface area contributed by atoms with Crippen molar-refractivity contribution in [3.8, 4) is 5.75 Å². The molecule has 0 radical (unpaired) electrons. The molecule has 2 atom stereocenters. The first kappa shape index (κ1) is 17.5. The van der Waals surface area contributed by atoms with Gasteiger partial charge >= 0.3 is 0 Å². The minimum absolute atomic E-state index is 0.0595. The first-order valence-electron chi connectivity index (χ1n) is 7.76. The molecule has 2 unspecified atom stereocenters. The number of carbonyl (C=O) groups is 1. The zero-order chi connectivity index (χ0) is 15.8. The van der Waals surface area contributed by atoms with E-state index in [0.717, 1.165) is 24.2 Å². The lowest BCUT2D eigenvalue weighted by atomic mass is 10.1. The van der Waals surface area contributed by atoms with Gasteiger partial charge in [0.05, 0.1) is 0 Å². The third-order valence-corrected chi connectivity index (χ3v) is 3.81. The van der Waals surface area contributed by atoms with Crippen LogP contribution in [0.1, 0.15) is 52.1 Å². The van der Waals surface area contributed by atoms with Crippen molar-refractivity contribution in [3.05, 3.63) is 29.8 Å². The van der Waals surface area contributed by atoms with Gasteiger partial charge in [-0.25, -0.2) is 0 Å². The summed E-state index contributed by atoms with van der Waals surface area (Å²) in [5.41, 5.74) is 1.14. The Kier molecular flexibility index (Phi) is 7.23. The smallest absolute Gasteiger partial charge is 0.260 e. The van der Waals surface area contributed by atoms with Crippen molar-refractivity contribution in [2.24, 2.45) is 0 Å². The molecule has 0 spiro atoms. The minimum atomic E-state index is -0.495. The average molecular weight is 292 g/mol. The predicted octanol–water partition coefficient (Wildman–Crippen LogP) is 3.04. The minimum Gasteiger partial charge on any atom is -0.481 e. The highest BCUT2D eigenvalue weighted by atomic mass is 16.5. The van der Waals surface area contributed by atoms with Crippen LogP contribution in [0.5, 0.6) is 5.75 Å². The van der Waals surface area contributed by atoms with E-state index in [1.165, 1.54) is 0 Å². The zero-order valence-corrected chi connectivity index (χ0v) is 13.8. The maximum absolute atomic E-state index is 12.1. The van der Waals surface area contributed by atoms with Crippen LogP contribution in [-0.2, 0) is 4.79 Å². The fourth-order valence-corrected chi connectivity index (χ4v) is 2.09. The van der Waals surface area contributed by atoms with Crippen LogP contribution in [0, 0.1) is 0 Å². The lowest BCUT2D eigenvalue weighted by Gasteiger charge is -2.20. The van der Waals surface area contributed by atoms with Crippen LogP contribution in [0.25, 0.3) is 0 Å². The van der Waals surface area contributed by atoms with Gasteiger partial charge in [0, 0.05) is 12.1 Å². The van der Waals surface area contributed by atoms with Crippen molar-refractivity contribution in [2.45, 2.75) is 58.7 Å². The first-order chi connectivity index (χ1) is 10.0. The van der Waals surface area contributed by atoms with E-state index in [0.29, 0.717) is 0 Å². The van der Waals surface area contributed by atoms with Gasteiger partial charge in [-0.05, 0) is 51.4 Å². The van der Waals surface area contributed by atoms with Crippen LogP contribution < -0.4 is 15.4 Å². The molecule has 0 saturated heterocycles. The van der Waals surface area contributed by atoms with Gasteiger partial charge in [0.15, 0.2) is 6.10 Å². The van der Waals surface area contributed by atoms with Crippen LogP contribution in [0.3, 0.4) is 0 Å². The van der Waals surface area contributed by atoms with Gasteiger partial charge in [-0.15, -0.1) is 0 Å². The quantitative estimate of drug-likeness (QED) is 0.774. The Bertz CT molecular complexity index is 444. The fraction of sp³-hybridized carbons (Fsp3) is 0.588. The predicted molar refractivity (Wildman–Crippen MR) is 86.5 cm³/mol. The van der Waals surface area contributed by atoms with E-state index in [9.17, 15) is 4.79 Å². The van der Waals surface area contributed by atoms with Crippen molar-refractivity contribution in [1.82, 2.24) is 10.6 Å². The zero-order valence-electron chi connectivity index (χ0n) is 13.8. The molecule has 21 heavy (non-hydrogen) atoms. The summed E-state index contributed by atoms with van der Waals surface area (Å²) >= 11 is 0. The number of amides is 1. The van der Waals surface area contributed by atoms with Crippen LogP contribution in [0.4, 0.5) is 0 Å². The van der Waals surface area contributed by atoms with Crippen LogP contribution >= 0.6 is 0 Å². The second-order valence-electron chi connectivity index (χ2n) is 5.36. The number of carbonyl (C=O) groups excluding carboxylic acids is 1. The number of ether oxygens (including phenoxy) is 1. The molecule has 0 aliphatic rings. The van der Waals surface area contributed by atoms with Gasteiger partial charge in [0.1, 0.15) is 5.75 Å². The van der Waals surface area contributed by atoms with Crippen molar-refractivity contribution in [3.63, 3.8) is 0 Å². The third kappa shape index (κ3) is 5.38. The highest BCUT2D eigenvalue weighted by Gasteiger charge is 2.17. The van der Waals surface area contributed by atoms with Crippen molar-refractivity contribution in [2.75, 3.05) is 7.05 Å². The van der Waals surface area contributed by atoms with Crippen molar-refractivity contribution < 1.29 is 9.53 Å². The normalized spacial score (nSPS) is 13.8. The third-order valence-electron chi connectivity index (χ3n) is 3.81. The molecule has 4 nitrogen and oxygen atoms in total. The molecule has 2 N–H and O–H groups in total. The summed E-state index contributed by atoms with van der Waals surface area (Å²) in [7, 11) is 1.92. The van der Waals surface area contributed by atoms with E-state index >= 15 is 0 Å². The van der Waals surface area contributed by atoms with Gasteiger partial charge < -0.3 is 15.4 Å². The molecule has 0 fully saturated rings. The summed E-state index contributed by atoms with van der Waals surface area (Å²) in [6.07, 6.45) is 1.37. The maximum atomic E-state index is 12.1. The van der Waals surface area contributed by atoms with Gasteiger partial charge in [-0.1, -0.05) is 26.0 Å². The fourth-order valence-electron chi connectivity index (χ4n) is 2.09. The Hall–Kier alpha value is -1.55. The molecule has 1 aromatic carbocycles. The van der Waals surface area contributed by atoms with Crippen LogP contribution in [-0.4, -0.2) is 25.1 Å². The topological polar surface area (TPSA) is 50.4 Å². The monoisotopic (exact) mass is 292 g/mol. The molecule has 0 saturated carbocycles. The summed E-state index contributed by atoms with van der Waals surface area (Å²) in [5, 5.41) is 6.20. The van der Waals surface area contributed by atoms with Crippen LogP contribution in [0.2, 0.25) is 0 Å². The second-order valence-corrected chi connectivity index (χ2v) is 5.36. The molecule has 4 heteroatoms. The van der Waals surface area contributed by atoms with E-state index in [2.05, 4.69) is 31.4 Å². The Labute approximate surface area is 128 Å². The van der Waals surface area contributed by atoms with Gasteiger partial charge in [-0.3, -0.25) is 4.79 Å². The van der Waals surface area contributed by atoms with Crippen molar-refractivity contribution in [1.29, 1.82) is 0 Å². The van der Waals surface area contributed by atoms with E-state index in [1.807, 2.05) is 31.3 Å². The van der Waals surface area contributed by atoms with Crippen molar-refractivity contribution >= 4 is 5.91 Å². The van der Waals surface area contributed by atoms with E-state index in [4.69, 9.17) is 4.74 Å². The Morgan fingerprint density at radius 2 is 1.90 bits per heavy atom. The van der Waals surface area contributed by atoms with E-state index < -0.39 is 6.10 Å². The Balaban J connectivity index is 2.65. The molecule has 1 rings (SSSR count). The van der Waals surface area contributed by atoms with Gasteiger partial charge in [-0.2, -0.15) is 0 Å². The van der Waals surface area contributed by atoms with Gasteiger partial charge in [0.2, 0.25) is 0 Å². The molecule has 0 aromatic heterocycles. The van der Waals surface area contributed by atoms with E-state index in [1.54, 1.807) is 6.92 Å². The molecule has 1 aromatic rings.